The van der Waals surface area contributed by atoms with Crippen molar-refractivity contribution in [1.29, 1.82) is 0 Å². The maximum atomic E-state index is 11.7. The van der Waals surface area contributed by atoms with Gasteiger partial charge in [-0.1, -0.05) is 22.0 Å². The summed E-state index contributed by atoms with van der Waals surface area (Å²) in [7, 11) is 0. The Labute approximate surface area is 114 Å². The number of rotatable bonds is 4. The number of nitrogens with zero attached hydrogens (tertiary/aromatic N) is 2. The van der Waals surface area contributed by atoms with E-state index in [2.05, 4.69) is 26.3 Å². The van der Waals surface area contributed by atoms with Crippen LogP contribution in [0.25, 0.3) is 0 Å². The average molecular weight is 308 g/mol. The first-order chi connectivity index (χ1) is 8.63. The van der Waals surface area contributed by atoms with E-state index in [1.54, 1.807) is 4.68 Å². The van der Waals surface area contributed by atoms with Gasteiger partial charge >= 0.3 is 0 Å². The molecular formula is C13H14BrN3O. The van der Waals surface area contributed by atoms with Crippen molar-refractivity contribution in [2.75, 3.05) is 5.32 Å². The van der Waals surface area contributed by atoms with Crippen molar-refractivity contribution in [1.82, 2.24) is 9.78 Å². The molecule has 0 unspecified atom stereocenters. The van der Waals surface area contributed by atoms with Crippen molar-refractivity contribution in [3.8, 4) is 0 Å². The lowest BCUT2D eigenvalue weighted by molar-refractivity contribution is -0.116. The van der Waals surface area contributed by atoms with Crippen molar-refractivity contribution in [2.24, 2.45) is 0 Å². The number of anilines is 1. The van der Waals surface area contributed by atoms with Gasteiger partial charge in [-0.05, 0) is 31.2 Å². The predicted molar refractivity (Wildman–Crippen MR) is 74.4 cm³/mol. The number of halogens is 1. The Morgan fingerprint density at radius 1 is 1.44 bits per heavy atom. The van der Waals surface area contributed by atoms with Crippen LogP contribution in [0.2, 0.25) is 0 Å². The number of hydrogen-bond donors (Lipinski definition) is 1. The number of nitrogens with one attached hydrogen (secondary N) is 1. The van der Waals surface area contributed by atoms with E-state index >= 15 is 0 Å². The third-order valence-electron chi connectivity index (χ3n) is 2.45. The van der Waals surface area contributed by atoms with E-state index in [0.717, 1.165) is 15.9 Å². The van der Waals surface area contributed by atoms with Crippen molar-refractivity contribution in [3.63, 3.8) is 0 Å². The minimum Gasteiger partial charge on any atom is -0.326 e. The van der Waals surface area contributed by atoms with Crippen LogP contribution in [-0.4, -0.2) is 15.7 Å². The Bertz CT molecular complexity index is 551. The van der Waals surface area contributed by atoms with Gasteiger partial charge in [0.2, 0.25) is 5.91 Å². The van der Waals surface area contributed by atoms with Crippen LogP contribution < -0.4 is 5.32 Å². The summed E-state index contributed by atoms with van der Waals surface area (Å²) in [5.74, 6) is -0.0127. The zero-order chi connectivity index (χ0) is 13.0. The molecule has 0 aliphatic rings. The summed E-state index contributed by atoms with van der Waals surface area (Å²) >= 11 is 3.37. The molecule has 0 spiro atoms. The van der Waals surface area contributed by atoms with Crippen LogP contribution in [0, 0.1) is 6.92 Å². The summed E-state index contributed by atoms with van der Waals surface area (Å²) in [4.78, 5) is 11.7. The molecule has 0 aliphatic carbocycles. The van der Waals surface area contributed by atoms with E-state index in [1.165, 1.54) is 0 Å². The number of aryl methyl sites for hydroxylation is 2. The summed E-state index contributed by atoms with van der Waals surface area (Å²) in [5.41, 5.74) is 1.76. The van der Waals surface area contributed by atoms with Gasteiger partial charge in [-0.25, -0.2) is 0 Å². The minimum atomic E-state index is -0.0127. The van der Waals surface area contributed by atoms with E-state index in [-0.39, 0.29) is 5.91 Å². The highest BCUT2D eigenvalue weighted by molar-refractivity contribution is 9.10. The van der Waals surface area contributed by atoms with E-state index < -0.39 is 0 Å². The molecular weight excluding hydrogens is 294 g/mol. The highest BCUT2D eigenvalue weighted by Gasteiger charge is 2.03. The molecule has 0 bridgehead atoms. The second kappa shape index (κ2) is 5.82. The molecule has 0 saturated heterocycles. The number of benzene rings is 1. The topological polar surface area (TPSA) is 46.9 Å². The molecule has 2 rings (SSSR count). The Kier molecular flexibility index (Phi) is 4.15. The monoisotopic (exact) mass is 307 g/mol. The Morgan fingerprint density at radius 2 is 2.28 bits per heavy atom. The van der Waals surface area contributed by atoms with Gasteiger partial charge in [-0.3, -0.25) is 9.48 Å². The van der Waals surface area contributed by atoms with Gasteiger partial charge in [0.05, 0.1) is 5.69 Å². The van der Waals surface area contributed by atoms with Gasteiger partial charge in [-0.15, -0.1) is 0 Å². The molecule has 1 aromatic heterocycles. The third-order valence-corrected chi connectivity index (χ3v) is 2.94. The SMILES string of the molecule is Cc1ccn(CCC(=O)Nc2cccc(Br)c2)n1. The van der Waals surface area contributed by atoms with E-state index in [4.69, 9.17) is 0 Å². The zero-order valence-electron chi connectivity index (χ0n) is 10.1. The van der Waals surface area contributed by atoms with E-state index in [0.29, 0.717) is 13.0 Å². The van der Waals surface area contributed by atoms with Crippen LogP contribution in [0.1, 0.15) is 12.1 Å². The van der Waals surface area contributed by atoms with Gasteiger partial charge in [0.25, 0.3) is 0 Å². The predicted octanol–water partition coefficient (Wildman–Crippen LogP) is 2.98. The lowest BCUT2D eigenvalue weighted by atomic mass is 10.3. The van der Waals surface area contributed by atoms with Crippen LogP contribution >= 0.6 is 15.9 Å². The fraction of sp³-hybridized carbons (Fsp3) is 0.231. The maximum absolute atomic E-state index is 11.7. The number of aromatic nitrogens is 2. The Balaban J connectivity index is 1.85. The van der Waals surface area contributed by atoms with Crippen LogP contribution in [0.4, 0.5) is 5.69 Å². The third kappa shape index (κ3) is 3.70. The molecule has 0 saturated carbocycles. The summed E-state index contributed by atoms with van der Waals surface area (Å²) in [6.07, 6.45) is 2.29. The zero-order valence-corrected chi connectivity index (χ0v) is 11.6. The van der Waals surface area contributed by atoms with Gasteiger partial charge < -0.3 is 5.32 Å². The summed E-state index contributed by atoms with van der Waals surface area (Å²) in [6.45, 7) is 2.52. The highest BCUT2D eigenvalue weighted by Crippen LogP contribution is 2.15. The number of carbonyl (C=O) groups is 1. The molecule has 94 valence electrons. The van der Waals surface area contributed by atoms with Gasteiger partial charge in [0.1, 0.15) is 0 Å². The molecule has 0 atom stereocenters. The fourth-order valence-corrected chi connectivity index (χ4v) is 1.99. The van der Waals surface area contributed by atoms with Gasteiger partial charge in [0.15, 0.2) is 0 Å². The molecule has 5 heteroatoms. The molecule has 1 N–H and O–H groups in total. The Morgan fingerprint density at radius 3 is 2.94 bits per heavy atom. The molecule has 1 heterocycles. The quantitative estimate of drug-likeness (QED) is 0.944. The molecule has 4 nitrogen and oxygen atoms in total. The smallest absolute Gasteiger partial charge is 0.226 e. The lowest BCUT2D eigenvalue weighted by Gasteiger charge is -2.05. The summed E-state index contributed by atoms with van der Waals surface area (Å²) < 4.78 is 2.72. The standard InChI is InChI=1S/C13H14BrN3O/c1-10-5-7-17(16-10)8-6-13(18)15-12-4-2-3-11(14)9-12/h2-5,7,9H,6,8H2,1H3,(H,15,18). The second-order valence-electron chi connectivity index (χ2n) is 4.03. The van der Waals surface area contributed by atoms with Crippen LogP contribution in [0.3, 0.4) is 0 Å². The molecule has 1 aromatic carbocycles. The average Bonchev–Trinajstić information content (AvgIpc) is 2.73. The number of carbonyl (C=O) groups excluding carboxylic acids is 1. The molecule has 0 fully saturated rings. The molecule has 0 aliphatic heterocycles. The minimum absolute atomic E-state index is 0.0127. The van der Waals surface area contributed by atoms with Crippen molar-refractivity contribution in [3.05, 3.63) is 46.7 Å². The Hall–Kier alpha value is -1.62. The van der Waals surface area contributed by atoms with Gasteiger partial charge in [0, 0.05) is 29.3 Å². The van der Waals surface area contributed by atoms with Crippen molar-refractivity contribution in [2.45, 2.75) is 19.9 Å². The highest BCUT2D eigenvalue weighted by atomic mass is 79.9. The molecule has 1 amide bonds. The molecule has 2 aromatic rings. The van der Waals surface area contributed by atoms with E-state index in [9.17, 15) is 4.79 Å². The first-order valence-corrected chi connectivity index (χ1v) is 6.48. The molecule has 18 heavy (non-hydrogen) atoms. The lowest BCUT2D eigenvalue weighted by Crippen LogP contribution is -2.14. The summed E-state index contributed by atoms with van der Waals surface area (Å²) in [5, 5.41) is 7.08. The van der Waals surface area contributed by atoms with Crippen LogP contribution in [0.15, 0.2) is 41.0 Å². The summed E-state index contributed by atoms with van der Waals surface area (Å²) in [6, 6.07) is 9.46. The van der Waals surface area contributed by atoms with Gasteiger partial charge in [-0.2, -0.15) is 5.10 Å². The van der Waals surface area contributed by atoms with Crippen molar-refractivity contribution >= 4 is 27.5 Å². The molecule has 0 radical (unpaired) electrons. The largest absolute Gasteiger partial charge is 0.326 e. The number of amides is 1. The van der Waals surface area contributed by atoms with E-state index in [1.807, 2.05) is 43.5 Å². The first-order valence-electron chi connectivity index (χ1n) is 5.69. The maximum Gasteiger partial charge on any atom is 0.226 e. The number of hydrogen-bond acceptors (Lipinski definition) is 2. The normalized spacial score (nSPS) is 10.3. The van der Waals surface area contributed by atoms with Crippen LogP contribution in [0.5, 0.6) is 0 Å². The fourth-order valence-electron chi connectivity index (χ4n) is 1.59. The van der Waals surface area contributed by atoms with Crippen molar-refractivity contribution < 1.29 is 4.79 Å². The van der Waals surface area contributed by atoms with Crippen LogP contribution in [-0.2, 0) is 11.3 Å². The second-order valence-corrected chi connectivity index (χ2v) is 4.94. The first kappa shape index (κ1) is 12.8.